The van der Waals surface area contributed by atoms with Crippen LogP contribution in [0.3, 0.4) is 0 Å². The number of carboxylic acid groups (broad SMARTS) is 1. The third kappa shape index (κ3) is 4.43. The molecule has 2 aromatic rings. The molecule has 0 unspecified atom stereocenters. The van der Waals surface area contributed by atoms with Gasteiger partial charge in [0.15, 0.2) is 0 Å². The van der Waals surface area contributed by atoms with E-state index in [0.29, 0.717) is 13.1 Å². The van der Waals surface area contributed by atoms with Crippen molar-refractivity contribution in [1.82, 2.24) is 14.5 Å². The highest BCUT2D eigenvalue weighted by Crippen LogP contribution is 2.11. The van der Waals surface area contributed by atoms with Crippen molar-refractivity contribution in [3.63, 3.8) is 0 Å². The zero-order valence-corrected chi connectivity index (χ0v) is 12.5. The van der Waals surface area contributed by atoms with Gasteiger partial charge in [-0.15, -0.1) is 0 Å². The van der Waals surface area contributed by atoms with Gasteiger partial charge < -0.3 is 9.67 Å². The number of aliphatic carboxylic acids is 1. The summed E-state index contributed by atoms with van der Waals surface area (Å²) >= 11 is 0. The number of nitrogens with zero attached hydrogens (tertiary/aromatic N) is 3. The van der Waals surface area contributed by atoms with Crippen LogP contribution < -0.4 is 0 Å². The highest BCUT2D eigenvalue weighted by atomic mass is 16.4. The molecule has 0 aliphatic carbocycles. The van der Waals surface area contributed by atoms with Gasteiger partial charge in [-0.2, -0.15) is 0 Å². The molecular weight excluding hydrogens is 266 g/mol. The Balaban J connectivity index is 2.12. The molecule has 0 aliphatic rings. The highest BCUT2D eigenvalue weighted by Gasteiger charge is 2.14. The van der Waals surface area contributed by atoms with Crippen molar-refractivity contribution >= 4 is 5.97 Å². The average molecular weight is 287 g/mol. The van der Waals surface area contributed by atoms with E-state index in [2.05, 4.69) is 11.1 Å². The standard InChI is InChI=1S/C16H21N3O2/c1-3-19-8-7-17-15(19)11-18(12-16(20)21)10-14-6-4-5-13(2)9-14/h4-9H,3,10-12H2,1-2H3,(H,20,21). The monoisotopic (exact) mass is 287 g/mol. The van der Waals surface area contributed by atoms with Gasteiger partial charge in [-0.1, -0.05) is 29.8 Å². The van der Waals surface area contributed by atoms with Crippen LogP contribution in [0.1, 0.15) is 23.9 Å². The average Bonchev–Trinajstić information content (AvgIpc) is 2.85. The summed E-state index contributed by atoms with van der Waals surface area (Å²) in [4.78, 5) is 17.3. The molecule has 0 atom stereocenters. The Morgan fingerprint density at radius 2 is 2.19 bits per heavy atom. The van der Waals surface area contributed by atoms with Crippen molar-refractivity contribution in [2.45, 2.75) is 33.5 Å². The Labute approximate surface area is 124 Å². The molecule has 1 heterocycles. The second-order valence-corrected chi connectivity index (χ2v) is 5.16. The molecule has 0 amide bonds. The third-order valence-electron chi connectivity index (χ3n) is 3.35. The lowest BCUT2D eigenvalue weighted by Crippen LogP contribution is -2.30. The smallest absolute Gasteiger partial charge is 0.317 e. The fraction of sp³-hybridized carbons (Fsp3) is 0.375. The molecule has 0 bridgehead atoms. The summed E-state index contributed by atoms with van der Waals surface area (Å²) in [6.07, 6.45) is 3.67. The molecule has 0 spiro atoms. The fourth-order valence-corrected chi connectivity index (χ4v) is 2.41. The maximum atomic E-state index is 11.1. The van der Waals surface area contributed by atoms with E-state index in [1.807, 2.05) is 47.7 Å². The summed E-state index contributed by atoms with van der Waals surface area (Å²) in [6.45, 7) is 6.05. The number of imidazole rings is 1. The predicted octanol–water partition coefficient (Wildman–Crippen LogP) is 2.30. The molecule has 0 saturated heterocycles. The zero-order valence-electron chi connectivity index (χ0n) is 12.5. The first-order valence-corrected chi connectivity index (χ1v) is 7.08. The van der Waals surface area contributed by atoms with Gasteiger partial charge in [0.25, 0.3) is 0 Å². The highest BCUT2D eigenvalue weighted by molar-refractivity contribution is 5.69. The lowest BCUT2D eigenvalue weighted by Gasteiger charge is -2.20. The van der Waals surface area contributed by atoms with Gasteiger partial charge in [-0.25, -0.2) is 4.98 Å². The zero-order chi connectivity index (χ0) is 15.2. The van der Waals surface area contributed by atoms with Crippen molar-refractivity contribution in [3.8, 4) is 0 Å². The van der Waals surface area contributed by atoms with Crippen molar-refractivity contribution < 1.29 is 9.90 Å². The number of benzene rings is 1. The first-order valence-electron chi connectivity index (χ1n) is 7.08. The Kier molecular flexibility index (Phi) is 5.11. The van der Waals surface area contributed by atoms with E-state index in [0.717, 1.165) is 17.9 Å². The van der Waals surface area contributed by atoms with Gasteiger partial charge in [0.05, 0.1) is 13.1 Å². The quantitative estimate of drug-likeness (QED) is 0.849. The molecule has 21 heavy (non-hydrogen) atoms. The Morgan fingerprint density at radius 3 is 2.86 bits per heavy atom. The first-order chi connectivity index (χ1) is 10.1. The minimum Gasteiger partial charge on any atom is -0.480 e. The lowest BCUT2D eigenvalue weighted by molar-refractivity contribution is -0.138. The van der Waals surface area contributed by atoms with Crippen molar-refractivity contribution in [1.29, 1.82) is 0 Å². The van der Waals surface area contributed by atoms with Crippen LogP contribution in [0.2, 0.25) is 0 Å². The Hall–Kier alpha value is -2.14. The molecule has 0 saturated carbocycles. The maximum Gasteiger partial charge on any atom is 0.317 e. The van der Waals surface area contributed by atoms with Gasteiger partial charge >= 0.3 is 5.97 Å². The summed E-state index contributed by atoms with van der Waals surface area (Å²) in [5.74, 6) is 0.0728. The van der Waals surface area contributed by atoms with Crippen LogP contribution >= 0.6 is 0 Å². The van der Waals surface area contributed by atoms with Crippen molar-refractivity contribution in [2.75, 3.05) is 6.54 Å². The summed E-state index contributed by atoms with van der Waals surface area (Å²) < 4.78 is 2.03. The van der Waals surface area contributed by atoms with E-state index in [1.54, 1.807) is 6.20 Å². The second kappa shape index (κ2) is 7.04. The predicted molar refractivity (Wildman–Crippen MR) is 80.8 cm³/mol. The number of hydrogen-bond acceptors (Lipinski definition) is 3. The third-order valence-corrected chi connectivity index (χ3v) is 3.35. The normalized spacial score (nSPS) is 11.0. The molecule has 5 nitrogen and oxygen atoms in total. The van der Waals surface area contributed by atoms with Crippen molar-refractivity contribution in [3.05, 3.63) is 53.6 Å². The van der Waals surface area contributed by atoms with E-state index in [1.165, 1.54) is 5.56 Å². The Morgan fingerprint density at radius 1 is 1.38 bits per heavy atom. The first kappa shape index (κ1) is 15.3. The molecular formula is C16H21N3O2. The summed E-state index contributed by atoms with van der Waals surface area (Å²) in [5, 5.41) is 9.10. The van der Waals surface area contributed by atoms with Crippen LogP contribution in [0.25, 0.3) is 0 Å². The Bertz CT molecular complexity index is 607. The molecule has 0 radical (unpaired) electrons. The van der Waals surface area contributed by atoms with Crippen LogP contribution in [-0.4, -0.2) is 32.1 Å². The largest absolute Gasteiger partial charge is 0.480 e. The van der Waals surface area contributed by atoms with E-state index in [9.17, 15) is 4.79 Å². The molecule has 1 aromatic heterocycles. The number of aryl methyl sites for hydroxylation is 2. The van der Waals surface area contributed by atoms with Crippen LogP contribution in [0.15, 0.2) is 36.7 Å². The van der Waals surface area contributed by atoms with E-state index in [4.69, 9.17) is 5.11 Å². The fourth-order valence-electron chi connectivity index (χ4n) is 2.41. The van der Waals surface area contributed by atoms with Crippen molar-refractivity contribution in [2.24, 2.45) is 0 Å². The van der Waals surface area contributed by atoms with Crippen LogP contribution in [0.4, 0.5) is 0 Å². The molecule has 1 N–H and O–H groups in total. The topological polar surface area (TPSA) is 58.4 Å². The van der Waals surface area contributed by atoms with Gasteiger partial charge in [0.2, 0.25) is 0 Å². The number of aromatic nitrogens is 2. The number of carbonyl (C=O) groups is 1. The second-order valence-electron chi connectivity index (χ2n) is 5.16. The molecule has 112 valence electrons. The van der Waals surface area contributed by atoms with Crippen LogP contribution in [-0.2, 0) is 24.4 Å². The number of hydrogen-bond donors (Lipinski definition) is 1. The minimum absolute atomic E-state index is 0.00448. The van der Waals surface area contributed by atoms with Gasteiger partial charge in [-0.3, -0.25) is 9.69 Å². The molecule has 2 rings (SSSR count). The minimum atomic E-state index is -0.822. The number of rotatable bonds is 7. The lowest BCUT2D eigenvalue weighted by atomic mass is 10.1. The van der Waals surface area contributed by atoms with Gasteiger partial charge in [0.1, 0.15) is 5.82 Å². The molecule has 0 fully saturated rings. The SMILES string of the molecule is CCn1ccnc1CN(CC(=O)O)Cc1cccc(C)c1. The van der Waals surface area contributed by atoms with Crippen LogP contribution in [0, 0.1) is 6.92 Å². The summed E-state index contributed by atoms with van der Waals surface area (Å²) in [7, 11) is 0. The van der Waals surface area contributed by atoms with Crippen LogP contribution in [0.5, 0.6) is 0 Å². The summed E-state index contributed by atoms with van der Waals surface area (Å²) in [5.41, 5.74) is 2.30. The van der Waals surface area contributed by atoms with E-state index in [-0.39, 0.29) is 6.54 Å². The molecule has 5 heteroatoms. The van der Waals surface area contributed by atoms with E-state index >= 15 is 0 Å². The maximum absolute atomic E-state index is 11.1. The summed E-state index contributed by atoms with van der Waals surface area (Å²) in [6, 6.07) is 8.14. The number of carboxylic acids is 1. The van der Waals surface area contributed by atoms with Gasteiger partial charge in [-0.05, 0) is 19.4 Å². The van der Waals surface area contributed by atoms with Gasteiger partial charge in [0, 0.05) is 25.5 Å². The van der Waals surface area contributed by atoms with E-state index < -0.39 is 5.97 Å². The molecule has 1 aromatic carbocycles. The molecule has 0 aliphatic heterocycles.